The Hall–Kier alpha value is -2.20. The molecule has 0 aliphatic heterocycles. The molecule has 1 atom stereocenters. The van der Waals surface area contributed by atoms with Crippen LogP contribution in [0.4, 0.5) is 5.69 Å². The van der Waals surface area contributed by atoms with E-state index in [9.17, 15) is 15.2 Å². The molecule has 0 saturated heterocycles. The van der Waals surface area contributed by atoms with Gasteiger partial charge in [-0.05, 0) is 18.1 Å². The third-order valence-electron chi connectivity index (χ3n) is 2.79. The molecule has 4 nitrogen and oxygen atoms in total. The Kier molecular flexibility index (Phi) is 3.39. The summed E-state index contributed by atoms with van der Waals surface area (Å²) in [5.41, 5.74) is 2.33. The number of nitro benzene ring substituents is 1. The van der Waals surface area contributed by atoms with Crippen molar-refractivity contribution in [3.05, 3.63) is 75.3 Å². The zero-order chi connectivity index (χ0) is 13.1. The van der Waals surface area contributed by atoms with Gasteiger partial charge in [0.25, 0.3) is 5.69 Å². The normalized spacial score (nSPS) is 12.1. The number of nitrogens with zero attached hydrogens (tertiary/aromatic N) is 1. The molecule has 2 aromatic rings. The zero-order valence-electron chi connectivity index (χ0n) is 9.91. The summed E-state index contributed by atoms with van der Waals surface area (Å²) in [5, 5.41) is 20.8. The summed E-state index contributed by atoms with van der Waals surface area (Å²) in [6.07, 6.45) is -0.842. The summed E-state index contributed by atoms with van der Waals surface area (Å²) in [7, 11) is 0. The summed E-state index contributed by atoms with van der Waals surface area (Å²) in [5.74, 6) is 0. The molecular weight excluding hydrogens is 230 g/mol. The molecule has 0 radical (unpaired) electrons. The smallest absolute Gasteiger partial charge is 0.269 e. The Bertz CT molecular complexity index is 564. The quantitative estimate of drug-likeness (QED) is 0.665. The largest absolute Gasteiger partial charge is 0.384 e. The SMILES string of the molecule is Cc1ccc(C(O)c2cccc([N+](=O)[O-])c2)cc1. The van der Waals surface area contributed by atoms with Gasteiger partial charge in [0, 0.05) is 12.1 Å². The highest BCUT2D eigenvalue weighted by Crippen LogP contribution is 2.25. The summed E-state index contributed by atoms with van der Waals surface area (Å²) >= 11 is 0. The average molecular weight is 243 g/mol. The van der Waals surface area contributed by atoms with Crippen LogP contribution in [0.5, 0.6) is 0 Å². The molecule has 1 unspecified atom stereocenters. The molecule has 0 saturated carbocycles. The highest BCUT2D eigenvalue weighted by Gasteiger charge is 2.13. The molecule has 0 aromatic heterocycles. The number of nitro groups is 1. The zero-order valence-corrected chi connectivity index (χ0v) is 9.91. The summed E-state index contributed by atoms with van der Waals surface area (Å²) in [4.78, 5) is 10.2. The van der Waals surface area contributed by atoms with Gasteiger partial charge in [-0.2, -0.15) is 0 Å². The van der Waals surface area contributed by atoms with Gasteiger partial charge in [-0.15, -0.1) is 0 Å². The predicted octanol–water partition coefficient (Wildman–Crippen LogP) is 2.98. The van der Waals surface area contributed by atoms with Crippen molar-refractivity contribution in [2.24, 2.45) is 0 Å². The lowest BCUT2D eigenvalue weighted by atomic mass is 10.0. The standard InChI is InChI=1S/C14H13NO3/c1-10-5-7-11(8-6-10)14(16)12-3-2-4-13(9-12)15(17)18/h2-9,14,16H,1H3. The van der Waals surface area contributed by atoms with Crippen LogP contribution in [0.25, 0.3) is 0 Å². The second-order valence-corrected chi connectivity index (χ2v) is 4.17. The lowest BCUT2D eigenvalue weighted by Crippen LogP contribution is -2.00. The van der Waals surface area contributed by atoms with Crippen molar-refractivity contribution >= 4 is 5.69 Å². The van der Waals surface area contributed by atoms with Gasteiger partial charge in [0.15, 0.2) is 0 Å². The van der Waals surface area contributed by atoms with Gasteiger partial charge in [0.05, 0.1) is 4.92 Å². The second-order valence-electron chi connectivity index (χ2n) is 4.17. The second kappa shape index (κ2) is 4.98. The van der Waals surface area contributed by atoms with Gasteiger partial charge in [-0.25, -0.2) is 0 Å². The minimum Gasteiger partial charge on any atom is -0.384 e. The molecule has 0 spiro atoms. The number of benzene rings is 2. The van der Waals surface area contributed by atoms with Crippen molar-refractivity contribution < 1.29 is 10.0 Å². The molecule has 4 heteroatoms. The monoisotopic (exact) mass is 243 g/mol. The number of hydrogen-bond donors (Lipinski definition) is 1. The van der Waals surface area contributed by atoms with Crippen LogP contribution in [0.1, 0.15) is 22.8 Å². The molecule has 2 aromatic carbocycles. The summed E-state index contributed by atoms with van der Waals surface area (Å²) in [6, 6.07) is 13.5. The van der Waals surface area contributed by atoms with E-state index in [2.05, 4.69) is 0 Å². The fraction of sp³-hybridized carbons (Fsp3) is 0.143. The Morgan fingerprint density at radius 3 is 2.39 bits per heavy atom. The van der Waals surface area contributed by atoms with Crippen LogP contribution in [0.15, 0.2) is 48.5 Å². The van der Waals surface area contributed by atoms with Gasteiger partial charge < -0.3 is 5.11 Å². The van der Waals surface area contributed by atoms with Gasteiger partial charge in [0.2, 0.25) is 0 Å². The van der Waals surface area contributed by atoms with Crippen LogP contribution in [0.3, 0.4) is 0 Å². The minimum absolute atomic E-state index is 0.0151. The highest BCUT2D eigenvalue weighted by atomic mass is 16.6. The average Bonchev–Trinajstić information content (AvgIpc) is 2.39. The van der Waals surface area contributed by atoms with E-state index >= 15 is 0 Å². The molecule has 2 rings (SSSR count). The lowest BCUT2D eigenvalue weighted by molar-refractivity contribution is -0.385. The van der Waals surface area contributed by atoms with Crippen LogP contribution in [0.2, 0.25) is 0 Å². The van der Waals surface area contributed by atoms with E-state index in [1.807, 2.05) is 31.2 Å². The molecule has 0 aliphatic carbocycles. The van der Waals surface area contributed by atoms with Crippen molar-refractivity contribution in [3.8, 4) is 0 Å². The van der Waals surface area contributed by atoms with Crippen molar-refractivity contribution in [2.75, 3.05) is 0 Å². The molecule has 0 fully saturated rings. The van der Waals surface area contributed by atoms with Crippen LogP contribution >= 0.6 is 0 Å². The van der Waals surface area contributed by atoms with Crippen LogP contribution < -0.4 is 0 Å². The molecular formula is C14H13NO3. The predicted molar refractivity (Wildman–Crippen MR) is 68.3 cm³/mol. The number of non-ortho nitro benzene ring substituents is 1. The van der Waals surface area contributed by atoms with E-state index in [-0.39, 0.29) is 5.69 Å². The third kappa shape index (κ3) is 2.55. The van der Waals surface area contributed by atoms with Crippen molar-refractivity contribution in [3.63, 3.8) is 0 Å². The van der Waals surface area contributed by atoms with Gasteiger partial charge >= 0.3 is 0 Å². The Balaban J connectivity index is 2.33. The van der Waals surface area contributed by atoms with E-state index < -0.39 is 11.0 Å². The molecule has 0 aliphatic rings. The molecule has 92 valence electrons. The number of hydrogen-bond acceptors (Lipinski definition) is 3. The first kappa shape index (κ1) is 12.3. The number of aliphatic hydroxyl groups is 1. The van der Waals surface area contributed by atoms with E-state index in [1.54, 1.807) is 12.1 Å². The Labute approximate surface area is 105 Å². The topological polar surface area (TPSA) is 63.4 Å². The molecule has 1 N–H and O–H groups in total. The van der Waals surface area contributed by atoms with Gasteiger partial charge in [0.1, 0.15) is 6.10 Å². The fourth-order valence-corrected chi connectivity index (χ4v) is 1.75. The molecule has 18 heavy (non-hydrogen) atoms. The first-order valence-electron chi connectivity index (χ1n) is 5.57. The van der Waals surface area contributed by atoms with Crippen molar-refractivity contribution in [2.45, 2.75) is 13.0 Å². The Morgan fingerprint density at radius 1 is 1.11 bits per heavy atom. The summed E-state index contributed by atoms with van der Waals surface area (Å²) < 4.78 is 0. The minimum atomic E-state index is -0.842. The highest BCUT2D eigenvalue weighted by molar-refractivity contribution is 5.39. The van der Waals surface area contributed by atoms with Crippen LogP contribution in [-0.2, 0) is 0 Å². The maximum Gasteiger partial charge on any atom is 0.269 e. The van der Waals surface area contributed by atoms with Crippen LogP contribution in [-0.4, -0.2) is 10.0 Å². The van der Waals surface area contributed by atoms with Crippen molar-refractivity contribution in [1.29, 1.82) is 0 Å². The van der Waals surface area contributed by atoms with Gasteiger partial charge in [-0.1, -0.05) is 42.0 Å². The number of aliphatic hydroxyl groups excluding tert-OH is 1. The van der Waals surface area contributed by atoms with Gasteiger partial charge in [-0.3, -0.25) is 10.1 Å². The van der Waals surface area contributed by atoms with Crippen LogP contribution in [0, 0.1) is 17.0 Å². The fourth-order valence-electron chi connectivity index (χ4n) is 1.75. The van der Waals surface area contributed by atoms with E-state index in [4.69, 9.17) is 0 Å². The van der Waals surface area contributed by atoms with Crippen molar-refractivity contribution in [1.82, 2.24) is 0 Å². The molecule has 0 heterocycles. The number of aryl methyl sites for hydroxylation is 1. The maximum absolute atomic E-state index is 10.7. The van der Waals surface area contributed by atoms with E-state index in [0.717, 1.165) is 11.1 Å². The molecule has 0 amide bonds. The summed E-state index contributed by atoms with van der Waals surface area (Å²) in [6.45, 7) is 1.96. The van der Waals surface area contributed by atoms with E-state index in [0.29, 0.717) is 5.56 Å². The molecule has 0 bridgehead atoms. The Morgan fingerprint density at radius 2 is 1.78 bits per heavy atom. The third-order valence-corrected chi connectivity index (χ3v) is 2.79. The number of rotatable bonds is 3. The first-order chi connectivity index (χ1) is 8.58. The lowest BCUT2D eigenvalue weighted by Gasteiger charge is -2.11. The van der Waals surface area contributed by atoms with E-state index in [1.165, 1.54) is 12.1 Å². The first-order valence-corrected chi connectivity index (χ1v) is 5.57. The maximum atomic E-state index is 10.7.